The number of pyridine rings is 1. The summed E-state index contributed by atoms with van der Waals surface area (Å²) in [6, 6.07) is 7.82. The van der Waals surface area contributed by atoms with E-state index in [1.165, 1.54) is 0 Å². The number of nitrogens with zero attached hydrogens (tertiary/aromatic N) is 3. The van der Waals surface area contributed by atoms with Gasteiger partial charge >= 0.3 is 6.03 Å². The third-order valence-electron chi connectivity index (χ3n) is 3.73. The zero-order valence-corrected chi connectivity index (χ0v) is 14.1. The molecule has 0 spiro atoms. The van der Waals surface area contributed by atoms with E-state index < -0.39 is 6.03 Å². The van der Waals surface area contributed by atoms with Gasteiger partial charge in [0.25, 0.3) is 5.91 Å². The molecule has 25 heavy (non-hydrogen) atoms. The summed E-state index contributed by atoms with van der Waals surface area (Å²) in [5.74, 6) is -0.275. The lowest BCUT2D eigenvalue weighted by atomic mass is 10.1. The highest BCUT2D eigenvalue weighted by Gasteiger charge is 2.18. The van der Waals surface area contributed by atoms with Gasteiger partial charge in [-0.3, -0.25) is 9.48 Å². The van der Waals surface area contributed by atoms with Gasteiger partial charge in [-0.05, 0) is 38.1 Å². The van der Waals surface area contributed by atoms with E-state index in [-0.39, 0.29) is 5.91 Å². The van der Waals surface area contributed by atoms with Crippen molar-refractivity contribution >= 4 is 34.3 Å². The summed E-state index contributed by atoms with van der Waals surface area (Å²) in [5, 5.41) is 10.4. The van der Waals surface area contributed by atoms with Gasteiger partial charge in [0, 0.05) is 24.1 Å². The van der Waals surface area contributed by atoms with E-state index >= 15 is 0 Å². The van der Waals surface area contributed by atoms with Gasteiger partial charge in [-0.1, -0.05) is 6.07 Å². The summed E-state index contributed by atoms with van der Waals surface area (Å²) < 4.78 is 1.66. The largest absolute Gasteiger partial charge is 0.351 e. The van der Waals surface area contributed by atoms with Crippen LogP contribution in [0.25, 0.3) is 11.0 Å². The number of carbonyl (C=O) groups excluding carboxylic acids is 2. The molecule has 0 unspecified atom stereocenters. The van der Waals surface area contributed by atoms with Crippen LogP contribution in [-0.4, -0.2) is 26.7 Å². The van der Waals surface area contributed by atoms with Gasteiger partial charge < -0.3 is 16.4 Å². The van der Waals surface area contributed by atoms with Crippen molar-refractivity contribution in [1.82, 2.24) is 14.8 Å². The normalized spacial score (nSPS) is 10.7. The van der Waals surface area contributed by atoms with Crippen LogP contribution in [0.2, 0.25) is 0 Å². The zero-order valence-electron chi connectivity index (χ0n) is 14.1. The van der Waals surface area contributed by atoms with E-state index in [0.717, 1.165) is 16.8 Å². The molecule has 2 heterocycles. The number of benzene rings is 1. The van der Waals surface area contributed by atoms with Crippen molar-refractivity contribution < 1.29 is 9.59 Å². The molecule has 0 radical (unpaired) electrons. The number of urea groups is 1. The molecule has 8 nitrogen and oxygen atoms in total. The van der Waals surface area contributed by atoms with E-state index in [4.69, 9.17) is 5.73 Å². The predicted molar refractivity (Wildman–Crippen MR) is 95.6 cm³/mol. The minimum Gasteiger partial charge on any atom is -0.351 e. The van der Waals surface area contributed by atoms with E-state index in [2.05, 4.69) is 20.7 Å². The Morgan fingerprint density at radius 2 is 1.80 bits per heavy atom. The molecule has 128 valence electrons. The molecule has 3 rings (SSSR count). The third-order valence-corrected chi connectivity index (χ3v) is 3.73. The maximum atomic E-state index is 12.8. The molecule has 0 bridgehead atoms. The highest BCUT2D eigenvalue weighted by atomic mass is 16.2. The van der Waals surface area contributed by atoms with Crippen molar-refractivity contribution in [3.05, 3.63) is 47.3 Å². The number of aromatic nitrogens is 3. The summed E-state index contributed by atoms with van der Waals surface area (Å²) in [6.07, 6.45) is 0. The fraction of sp³-hybridized carbons (Fsp3) is 0.176. The van der Waals surface area contributed by atoms with Gasteiger partial charge in [-0.2, -0.15) is 5.10 Å². The summed E-state index contributed by atoms with van der Waals surface area (Å²) in [4.78, 5) is 28.2. The van der Waals surface area contributed by atoms with Gasteiger partial charge in [-0.15, -0.1) is 0 Å². The quantitative estimate of drug-likeness (QED) is 0.680. The Morgan fingerprint density at radius 3 is 2.48 bits per heavy atom. The lowest BCUT2D eigenvalue weighted by molar-refractivity contribution is 0.102. The van der Waals surface area contributed by atoms with Gasteiger partial charge in [0.1, 0.15) is 0 Å². The van der Waals surface area contributed by atoms with Crippen molar-refractivity contribution in [2.24, 2.45) is 12.8 Å². The number of nitrogens with two attached hydrogens (primary N) is 1. The summed E-state index contributed by atoms with van der Waals surface area (Å²) in [6.45, 7) is 3.67. The minimum atomic E-state index is -0.666. The number of fused-ring (bicyclic) bond motifs is 1. The van der Waals surface area contributed by atoms with Crippen LogP contribution in [0.4, 0.5) is 16.2 Å². The third kappa shape index (κ3) is 3.27. The van der Waals surface area contributed by atoms with Gasteiger partial charge in [0.15, 0.2) is 5.65 Å². The standard InChI is InChI=1S/C17H18N6O2/c1-9-7-13(14-10(2)22-23(3)15(14)19-9)16(24)20-11-5-4-6-12(8-11)21-17(18)25/h4-8H,1-3H3,(H,20,24)(H3,18,21,25). The topological polar surface area (TPSA) is 115 Å². The van der Waals surface area contributed by atoms with Crippen LogP contribution in [0.5, 0.6) is 0 Å². The molecule has 0 saturated heterocycles. The van der Waals surface area contributed by atoms with Crippen molar-refractivity contribution in [2.45, 2.75) is 13.8 Å². The van der Waals surface area contributed by atoms with E-state index in [1.807, 2.05) is 13.8 Å². The fourth-order valence-electron chi connectivity index (χ4n) is 2.76. The first kappa shape index (κ1) is 16.4. The van der Waals surface area contributed by atoms with Crippen molar-refractivity contribution in [3.8, 4) is 0 Å². The zero-order chi connectivity index (χ0) is 18.1. The van der Waals surface area contributed by atoms with E-state index in [9.17, 15) is 9.59 Å². The molecule has 0 aliphatic rings. The fourth-order valence-corrected chi connectivity index (χ4v) is 2.76. The molecule has 0 saturated carbocycles. The Hall–Kier alpha value is -3.42. The maximum Gasteiger partial charge on any atom is 0.316 e. The molecule has 3 aromatic rings. The molecule has 0 aliphatic carbocycles. The molecule has 8 heteroatoms. The molecule has 1 aromatic carbocycles. The Bertz CT molecular complexity index is 992. The van der Waals surface area contributed by atoms with E-state index in [1.54, 1.807) is 42.1 Å². The monoisotopic (exact) mass is 338 g/mol. The van der Waals surface area contributed by atoms with Crippen molar-refractivity contribution in [2.75, 3.05) is 10.6 Å². The number of amides is 3. The van der Waals surface area contributed by atoms with Crippen LogP contribution < -0.4 is 16.4 Å². The van der Waals surface area contributed by atoms with Gasteiger partial charge in [-0.25, -0.2) is 9.78 Å². The second kappa shape index (κ2) is 6.23. The first-order valence-corrected chi connectivity index (χ1v) is 7.64. The summed E-state index contributed by atoms with van der Waals surface area (Å²) in [7, 11) is 1.79. The van der Waals surface area contributed by atoms with Crippen LogP contribution in [0.3, 0.4) is 0 Å². The van der Waals surface area contributed by atoms with Gasteiger partial charge in [0.05, 0.1) is 16.6 Å². The number of hydrogen-bond donors (Lipinski definition) is 3. The first-order valence-electron chi connectivity index (χ1n) is 7.64. The summed E-state index contributed by atoms with van der Waals surface area (Å²) >= 11 is 0. The van der Waals surface area contributed by atoms with Crippen LogP contribution >= 0.6 is 0 Å². The Labute approximate surface area is 144 Å². The molecule has 3 amide bonds. The van der Waals surface area contributed by atoms with E-state index in [0.29, 0.717) is 22.6 Å². The smallest absolute Gasteiger partial charge is 0.316 e. The molecule has 0 aliphatic heterocycles. The highest BCUT2D eigenvalue weighted by Crippen LogP contribution is 2.23. The number of aryl methyl sites for hydroxylation is 3. The molecule has 2 aromatic heterocycles. The molecular formula is C17H18N6O2. The Morgan fingerprint density at radius 1 is 1.12 bits per heavy atom. The van der Waals surface area contributed by atoms with Gasteiger partial charge in [0.2, 0.25) is 0 Å². The minimum absolute atomic E-state index is 0.275. The number of rotatable bonds is 3. The second-order valence-electron chi connectivity index (χ2n) is 5.74. The van der Waals surface area contributed by atoms with Crippen LogP contribution in [0.1, 0.15) is 21.7 Å². The second-order valence-corrected chi connectivity index (χ2v) is 5.74. The van der Waals surface area contributed by atoms with Crippen LogP contribution in [0.15, 0.2) is 30.3 Å². The number of nitrogens with one attached hydrogen (secondary N) is 2. The first-order chi connectivity index (χ1) is 11.8. The summed E-state index contributed by atoms with van der Waals surface area (Å²) in [5.41, 5.74) is 8.77. The number of primary amides is 1. The van der Waals surface area contributed by atoms with Crippen LogP contribution in [0, 0.1) is 13.8 Å². The molecule has 0 fully saturated rings. The average molecular weight is 338 g/mol. The number of carbonyl (C=O) groups is 2. The number of anilines is 2. The molecular weight excluding hydrogens is 320 g/mol. The average Bonchev–Trinajstić information content (AvgIpc) is 2.80. The predicted octanol–water partition coefficient (Wildman–Crippen LogP) is 2.33. The van der Waals surface area contributed by atoms with Crippen molar-refractivity contribution in [3.63, 3.8) is 0 Å². The molecule has 0 atom stereocenters. The Balaban J connectivity index is 1.97. The highest BCUT2D eigenvalue weighted by molar-refractivity contribution is 6.12. The van der Waals surface area contributed by atoms with Crippen molar-refractivity contribution in [1.29, 1.82) is 0 Å². The van der Waals surface area contributed by atoms with Crippen LogP contribution in [-0.2, 0) is 7.05 Å². The Kier molecular flexibility index (Phi) is 4.10. The number of hydrogen-bond acceptors (Lipinski definition) is 4. The lowest BCUT2D eigenvalue weighted by Gasteiger charge is -2.09. The SMILES string of the molecule is Cc1cc(C(=O)Nc2cccc(NC(N)=O)c2)c2c(C)nn(C)c2n1. The maximum absolute atomic E-state index is 12.8. The lowest BCUT2D eigenvalue weighted by Crippen LogP contribution is -2.19. The molecule has 4 N–H and O–H groups in total.